The van der Waals surface area contributed by atoms with Gasteiger partial charge in [0, 0.05) is 50.0 Å². The molecule has 8 heteroatoms. The number of anilines is 2. The number of carbonyl (C=O) groups is 1. The van der Waals surface area contributed by atoms with Gasteiger partial charge in [0.25, 0.3) is 0 Å². The van der Waals surface area contributed by atoms with E-state index in [9.17, 15) is 4.79 Å². The topological polar surface area (TPSA) is 77.1 Å². The maximum atomic E-state index is 12.4. The molecule has 1 aliphatic carbocycles. The molecule has 3 aromatic rings. The number of H-pyrrole nitrogens is 1. The zero-order valence-corrected chi connectivity index (χ0v) is 20.3. The summed E-state index contributed by atoms with van der Waals surface area (Å²) in [6, 6.07) is 18.8. The molecule has 1 saturated carbocycles. The maximum absolute atomic E-state index is 12.4. The molecular weight excluding hydrogens is 444 g/mol. The zero-order chi connectivity index (χ0) is 23.2. The minimum atomic E-state index is -0.0421. The van der Waals surface area contributed by atoms with Gasteiger partial charge in [-0.05, 0) is 42.7 Å². The average Bonchev–Trinajstić information content (AvgIpc) is 3.57. The summed E-state index contributed by atoms with van der Waals surface area (Å²) in [7, 11) is 0. The fraction of sp³-hybridized carbons (Fsp3) is 0.423. The highest BCUT2D eigenvalue weighted by molar-refractivity contribution is 7.99. The highest BCUT2D eigenvalue weighted by Crippen LogP contribution is 2.32. The van der Waals surface area contributed by atoms with Crippen LogP contribution in [-0.4, -0.2) is 57.9 Å². The van der Waals surface area contributed by atoms with E-state index in [1.54, 1.807) is 0 Å². The summed E-state index contributed by atoms with van der Waals surface area (Å²) < 4.78 is 0. The Morgan fingerprint density at radius 2 is 1.74 bits per heavy atom. The van der Waals surface area contributed by atoms with Crippen molar-refractivity contribution in [1.29, 1.82) is 0 Å². The standard InChI is InChI=1S/C26H32N6OS/c33-24(19-34-26-28-25(29-30-26)21-8-4-5-9-21)27-22-10-12-23(13-11-22)32-16-14-31(15-17-32)18-20-6-2-1-3-7-20/h1-3,6-7,10-13,21H,4-5,8-9,14-19H2,(H,27,33)(H,28,29,30). The van der Waals surface area contributed by atoms with Crippen molar-refractivity contribution in [3.05, 3.63) is 66.0 Å². The first-order valence-corrected chi connectivity index (χ1v) is 13.2. The van der Waals surface area contributed by atoms with E-state index in [0.717, 1.165) is 44.2 Å². The predicted octanol–water partition coefficient (Wildman–Crippen LogP) is 4.52. The first-order chi connectivity index (χ1) is 16.7. The van der Waals surface area contributed by atoms with Crippen LogP contribution < -0.4 is 10.2 Å². The smallest absolute Gasteiger partial charge is 0.234 e. The Bertz CT molecular complexity index is 1060. The lowest BCUT2D eigenvalue weighted by Gasteiger charge is -2.36. The van der Waals surface area contributed by atoms with Crippen molar-refractivity contribution in [2.24, 2.45) is 0 Å². The summed E-state index contributed by atoms with van der Waals surface area (Å²) in [6.07, 6.45) is 4.89. The molecule has 0 radical (unpaired) electrons. The number of aromatic amines is 1. The van der Waals surface area contributed by atoms with Crippen LogP contribution in [0.4, 0.5) is 11.4 Å². The van der Waals surface area contributed by atoms with Gasteiger partial charge in [-0.15, -0.1) is 5.10 Å². The lowest BCUT2D eigenvalue weighted by molar-refractivity contribution is -0.113. The summed E-state index contributed by atoms with van der Waals surface area (Å²) in [5.41, 5.74) is 3.39. The SMILES string of the molecule is O=C(CSc1n[nH]c(C2CCCC2)n1)Nc1ccc(N2CCN(Cc3ccccc3)CC2)cc1. The van der Waals surface area contributed by atoms with Crippen molar-refractivity contribution >= 4 is 29.0 Å². The number of benzene rings is 2. The number of piperazine rings is 1. The molecule has 2 N–H and O–H groups in total. The van der Waals surface area contributed by atoms with Crippen LogP contribution in [0.3, 0.4) is 0 Å². The summed E-state index contributed by atoms with van der Waals surface area (Å²) in [5.74, 6) is 1.73. The number of hydrogen-bond donors (Lipinski definition) is 2. The number of thioether (sulfide) groups is 1. The highest BCUT2D eigenvalue weighted by atomic mass is 32.2. The number of nitrogens with zero attached hydrogens (tertiary/aromatic N) is 4. The molecule has 0 unspecified atom stereocenters. The van der Waals surface area contributed by atoms with Gasteiger partial charge in [0.2, 0.25) is 11.1 Å². The molecule has 7 nitrogen and oxygen atoms in total. The molecule has 178 valence electrons. The molecule has 0 spiro atoms. The molecule has 0 bridgehead atoms. The third kappa shape index (κ3) is 5.98. The van der Waals surface area contributed by atoms with Crippen molar-refractivity contribution in [3.8, 4) is 0 Å². The number of amides is 1. The van der Waals surface area contributed by atoms with Gasteiger partial charge < -0.3 is 10.2 Å². The van der Waals surface area contributed by atoms with Gasteiger partial charge >= 0.3 is 0 Å². The molecule has 1 aliphatic heterocycles. The molecule has 2 fully saturated rings. The van der Waals surface area contributed by atoms with Crippen molar-refractivity contribution in [2.45, 2.75) is 43.3 Å². The number of hydrogen-bond acceptors (Lipinski definition) is 6. The largest absolute Gasteiger partial charge is 0.369 e. The second-order valence-corrected chi connectivity index (χ2v) is 10.1. The summed E-state index contributed by atoms with van der Waals surface area (Å²) in [5, 5.41) is 11.0. The van der Waals surface area contributed by atoms with Crippen LogP contribution in [0.1, 0.15) is 43.0 Å². The monoisotopic (exact) mass is 476 g/mol. The van der Waals surface area contributed by atoms with Gasteiger partial charge in [-0.2, -0.15) is 0 Å². The van der Waals surface area contributed by atoms with Crippen LogP contribution in [-0.2, 0) is 11.3 Å². The Morgan fingerprint density at radius 1 is 1.00 bits per heavy atom. The van der Waals surface area contributed by atoms with Gasteiger partial charge in [0.1, 0.15) is 5.82 Å². The minimum Gasteiger partial charge on any atom is -0.369 e. The van der Waals surface area contributed by atoms with E-state index in [2.05, 4.69) is 72.8 Å². The number of rotatable bonds is 8. The average molecular weight is 477 g/mol. The maximum Gasteiger partial charge on any atom is 0.234 e. The normalized spacial score (nSPS) is 17.2. The second kappa shape index (κ2) is 11.1. The van der Waals surface area contributed by atoms with Crippen LogP contribution in [0.25, 0.3) is 0 Å². The van der Waals surface area contributed by atoms with Crippen LogP contribution in [0, 0.1) is 0 Å². The fourth-order valence-corrected chi connectivity index (χ4v) is 5.40. The molecule has 1 saturated heterocycles. The molecule has 2 aliphatic rings. The molecule has 5 rings (SSSR count). The third-order valence-corrected chi connectivity index (χ3v) is 7.54. The third-order valence-electron chi connectivity index (χ3n) is 6.69. The number of carbonyl (C=O) groups excluding carboxylic acids is 1. The summed E-state index contributed by atoms with van der Waals surface area (Å²) in [4.78, 5) is 21.9. The van der Waals surface area contributed by atoms with E-state index in [4.69, 9.17) is 0 Å². The molecule has 2 heterocycles. The quantitative estimate of drug-likeness (QED) is 0.466. The van der Waals surface area contributed by atoms with Gasteiger partial charge in [-0.25, -0.2) is 4.98 Å². The fourth-order valence-electron chi connectivity index (χ4n) is 4.79. The first kappa shape index (κ1) is 22.9. The molecule has 0 atom stereocenters. The van der Waals surface area contributed by atoms with E-state index < -0.39 is 0 Å². The van der Waals surface area contributed by atoms with Crippen LogP contribution in [0.2, 0.25) is 0 Å². The molecule has 1 aromatic heterocycles. The Hall–Kier alpha value is -2.84. The van der Waals surface area contributed by atoms with Crippen LogP contribution in [0.5, 0.6) is 0 Å². The van der Waals surface area contributed by atoms with Crippen molar-refractivity contribution < 1.29 is 4.79 Å². The van der Waals surface area contributed by atoms with Crippen LogP contribution >= 0.6 is 11.8 Å². The molecule has 34 heavy (non-hydrogen) atoms. The van der Waals surface area contributed by atoms with E-state index in [-0.39, 0.29) is 5.91 Å². The first-order valence-electron chi connectivity index (χ1n) is 12.2. The van der Waals surface area contributed by atoms with E-state index >= 15 is 0 Å². The van der Waals surface area contributed by atoms with Crippen molar-refractivity contribution in [2.75, 3.05) is 42.1 Å². The Balaban J connectivity index is 1.06. The number of nitrogens with one attached hydrogen (secondary N) is 2. The molecule has 2 aromatic carbocycles. The van der Waals surface area contributed by atoms with E-state index in [0.29, 0.717) is 16.8 Å². The lowest BCUT2D eigenvalue weighted by atomic mass is 10.1. The van der Waals surface area contributed by atoms with E-state index in [1.165, 1.54) is 48.7 Å². The zero-order valence-electron chi connectivity index (χ0n) is 19.4. The predicted molar refractivity (Wildman–Crippen MR) is 137 cm³/mol. The molecular formula is C26H32N6OS. The van der Waals surface area contributed by atoms with Gasteiger partial charge in [-0.1, -0.05) is 54.9 Å². The highest BCUT2D eigenvalue weighted by Gasteiger charge is 2.21. The van der Waals surface area contributed by atoms with Gasteiger partial charge in [-0.3, -0.25) is 14.8 Å². The lowest BCUT2D eigenvalue weighted by Crippen LogP contribution is -2.45. The van der Waals surface area contributed by atoms with Gasteiger partial charge in [0.15, 0.2) is 0 Å². The van der Waals surface area contributed by atoms with Crippen molar-refractivity contribution in [3.63, 3.8) is 0 Å². The van der Waals surface area contributed by atoms with Crippen molar-refractivity contribution in [1.82, 2.24) is 20.1 Å². The Morgan fingerprint density at radius 3 is 2.47 bits per heavy atom. The van der Waals surface area contributed by atoms with Gasteiger partial charge in [0.05, 0.1) is 5.75 Å². The minimum absolute atomic E-state index is 0.0421. The summed E-state index contributed by atoms with van der Waals surface area (Å²) in [6.45, 7) is 5.12. The summed E-state index contributed by atoms with van der Waals surface area (Å²) >= 11 is 1.38. The Labute approximate surface area is 205 Å². The Kier molecular flexibility index (Phi) is 7.46. The number of aromatic nitrogens is 3. The second-order valence-electron chi connectivity index (χ2n) is 9.12. The van der Waals surface area contributed by atoms with Crippen LogP contribution in [0.15, 0.2) is 59.8 Å². The molecule has 1 amide bonds. The van der Waals surface area contributed by atoms with E-state index in [1.807, 2.05) is 12.1 Å².